The summed E-state index contributed by atoms with van der Waals surface area (Å²) in [4.78, 5) is 33.8. The van der Waals surface area contributed by atoms with Crippen molar-refractivity contribution in [3.63, 3.8) is 0 Å². The first-order valence-electron chi connectivity index (χ1n) is 8.80. The van der Waals surface area contributed by atoms with Crippen LogP contribution in [0.2, 0.25) is 0 Å². The van der Waals surface area contributed by atoms with Crippen LogP contribution in [0.15, 0.2) is 48.5 Å². The van der Waals surface area contributed by atoms with Gasteiger partial charge in [-0.3, -0.25) is 14.9 Å². The van der Waals surface area contributed by atoms with Gasteiger partial charge in [0.25, 0.3) is 11.6 Å². The standard InChI is InChI=1S/C20H18N2O7/c23-19(21-15-5-8-17-18(12-15)28-11-1-10-27-17)13-29-20(24)9-4-14-2-6-16(7-3-14)22(25)26/h2-9,12H,1,10-11,13H2,(H,21,23)/b9-4+. The molecule has 0 radical (unpaired) electrons. The Kier molecular flexibility index (Phi) is 6.41. The first kappa shape index (κ1) is 19.9. The van der Waals surface area contributed by atoms with Gasteiger partial charge in [-0.05, 0) is 35.9 Å². The van der Waals surface area contributed by atoms with Crippen molar-refractivity contribution in [2.24, 2.45) is 0 Å². The number of nitrogens with one attached hydrogen (secondary N) is 1. The first-order chi connectivity index (χ1) is 14.0. The lowest BCUT2D eigenvalue weighted by molar-refractivity contribution is -0.384. The SMILES string of the molecule is O=C(COC(=O)/C=C/c1ccc([N+](=O)[O-])cc1)Nc1ccc2c(c1)OCCCO2. The Morgan fingerprint density at radius 1 is 1.10 bits per heavy atom. The van der Waals surface area contributed by atoms with Crippen molar-refractivity contribution in [2.75, 3.05) is 25.1 Å². The quantitative estimate of drug-likeness (QED) is 0.344. The zero-order valence-corrected chi connectivity index (χ0v) is 15.3. The minimum atomic E-state index is -0.711. The number of fused-ring (bicyclic) bond motifs is 1. The molecule has 0 fully saturated rings. The van der Waals surface area contributed by atoms with Gasteiger partial charge in [0, 0.05) is 36.4 Å². The number of nitro groups is 1. The number of non-ortho nitro benzene ring substituents is 1. The van der Waals surface area contributed by atoms with Crippen LogP contribution < -0.4 is 14.8 Å². The molecule has 1 N–H and O–H groups in total. The molecule has 0 saturated heterocycles. The molecule has 29 heavy (non-hydrogen) atoms. The van der Waals surface area contributed by atoms with E-state index in [1.54, 1.807) is 18.2 Å². The highest BCUT2D eigenvalue weighted by atomic mass is 16.6. The zero-order valence-electron chi connectivity index (χ0n) is 15.3. The van der Waals surface area contributed by atoms with E-state index in [1.807, 2.05) is 0 Å². The number of esters is 1. The second-order valence-corrected chi connectivity index (χ2v) is 6.05. The van der Waals surface area contributed by atoms with Crippen molar-refractivity contribution in [1.82, 2.24) is 0 Å². The molecule has 3 rings (SSSR count). The third-order valence-corrected chi connectivity index (χ3v) is 3.89. The molecule has 150 valence electrons. The molecule has 9 heteroatoms. The van der Waals surface area contributed by atoms with Gasteiger partial charge in [-0.2, -0.15) is 0 Å². The largest absolute Gasteiger partial charge is 0.490 e. The number of nitrogens with zero attached hydrogens (tertiary/aromatic N) is 1. The smallest absolute Gasteiger partial charge is 0.331 e. The normalized spacial score (nSPS) is 12.8. The lowest BCUT2D eigenvalue weighted by Gasteiger charge is -2.10. The average molecular weight is 398 g/mol. The molecular weight excluding hydrogens is 380 g/mol. The van der Waals surface area contributed by atoms with Gasteiger partial charge in [0.1, 0.15) is 0 Å². The van der Waals surface area contributed by atoms with E-state index >= 15 is 0 Å². The predicted octanol–water partition coefficient (Wildman–Crippen LogP) is 2.95. The Balaban J connectivity index is 1.48. The van der Waals surface area contributed by atoms with E-state index in [4.69, 9.17) is 14.2 Å². The van der Waals surface area contributed by atoms with Crippen molar-refractivity contribution in [3.05, 3.63) is 64.2 Å². The summed E-state index contributed by atoms with van der Waals surface area (Å²) in [5.41, 5.74) is 1.04. The molecule has 1 aliphatic rings. The third kappa shape index (κ3) is 5.80. The Bertz CT molecular complexity index is 938. The summed E-state index contributed by atoms with van der Waals surface area (Å²) < 4.78 is 16.0. The van der Waals surface area contributed by atoms with Crippen molar-refractivity contribution in [3.8, 4) is 11.5 Å². The number of hydrogen-bond acceptors (Lipinski definition) is 7. The molecule has 9 nitrogen and oxygen atoms in total. The van der Waals surface area contributed by atoms with Crippen molar-refractivity contribution >= 4 is 29.3 Å². The van der Waals surface area contributed by atoms with E-state index in [0.717, 1.165) is 12.5 Å². The van der Waals surface area contributed by atoms with E-state index in [-0.39, 0.29) is 5.69 Å². The molecule has 0 saturated carbocycles. The molecule has 0 unspecified atom stereocenters. The maximum absolute atomic E-state index is 12.0. The summed E-state index contributed by atoms with van der Waals surface area (Å²) in [5, 5.41) is 13.2. The van der Waals surface area contributed by atoms with Gasteiger partial charge < -0.3 is 19.5 Å². The second kappa shape index (κ2) is 9.36. The fraction of sp³-hybridized carbons (Fsp3) is 0.200. The molecule has 1 amide bonds. The van der Waals surface area contributed by atoms with E-state index in [0.29, 0.717) is 36.0 Å². The first-order valence-corrected chi connectivity index (χ1v) is 8.80. The fourth-order valence-corrected chi connectivity index (χ4v) is 2.49. The maximum Gasteiger partial charge on any atom is 0.331 e. The molecule has 1 aliphatic heterocycles. The van der Waals surface area contributed by atoms with Gasteiger partial charge in [-0.25, -0.2) is 4.79 Å². The molecular formula is C20H18N2O7. The summed E-state index contributed by atoms with van der Waals surface area (Å²) in [6, 6.07) is 10.7. The topological polar surface area (TPSA) is 117 Å². The monoisotopic (exact) mass is 398 g/mol. The van der Waals surface area contributed by atoms with Crippen LogP contribution in [0.5, 0.6) is 11.5 Å². The molecule has 0 atom stereocenters. The number of carbonyl (C=O) groups excluding carboxylic acids is 2. The highest BCUT2D eigenvalue weighted by Crippen LogP contribution is 2.32. The van der Waals surface area contributed by atoms with Crippen LogP contribution in [0.4, 0.5) is 11.4 Å². The number of hydrogen-bond donors (Lipinski definition) is 1. The lowest BCUT2D eigenvalue weighted by atomic mass is 10.2. The van der Waals surface area contributed by atoms with Gasteiger partial charge in [0.15, 0.2) is 18.1 Å². The summed E-state index contributed by atoms with van der Waals surface area (Å²) in [5.74, 6) is -0.0552. The Hall–Kier alpha value is -3.88. The zero-order chi connectivity index (χ0) is 20.6. The van der Waals surface area contributed by atoms with Crippen LogP contribution in [0.1, 0.15) is 12.0 Å². The third-order valence-electron chi connectivity index (χ3n) is 3.89. The van der Waals surface area contributed by atoms with Gasteiger partial charge in [0.05, 0.1) is 18.1 Å². The van der Waals surface area contributed by atoms with Crippen LogP contribution >= 0.6 is 0 Å². The van der Waals surface area contributed by atoms with Crippen LogP contribution in [-0.2, 0) is 14.3 Å². The Morgan fingerprint density at radius 3 is 2.55 bits per heavy atom. The number of anilines is 1. The minimum absolute atomic E-state index is 0.0452. The van der Waals surface area contributed by atoms with E-state index in [9.17, 15) is 19.7 Å². The van der Waals surface area contributed by atoms with E-state index in [2.05, 4.69) is 5.32 Å². The summed E-state index contributed by atoms with van der Waals surface area (Å²) >= 11 is 0. The molecule has 2 aromatic carbocycles. The van der Waals surface area contributed by atoms with Crippen molar-refractivity contribution < 1.29 is 28.7 Å². The molecule has 1 heterocycles. The van der Waals surface area contributed by atoms with Crippen LogP contribution in [0.25, 0.3) is 6.08 Å². The Labute approximate surface area is 166 Å². The van der Waals surface area contributed by atoms with E-state index < -0.39 is 23.4 Å². The number of amides is 1. The summed E-state index contributed by atoms with van der Waals surface area (Å²) in [7, 11) is 0. The molecule has 0 spiro atoms. The number of benzene rings is 2. The van der Waals surface area contributed by atoms with Gasteiger partial charge in [-0.15, -0.1) is 0 Å². The maximum atomic E-state index is 12.0. The minimum Gasteiger partial charge on any atom is -0.490 e. The summed E-state index contributed by atoms with van der Waals surface area (Å²) in [6.45, 7) is 0.642. The highest BCUT2D eigenvalue weighted by molar-refractivity contribution is 5.94. The fourth-order valence-electron chi connectivity index (χ4n) is 2.49. The van der Waals surface area contributed by atoms with Crippen molar-refractivity contribution in [1.29, 1.82) is 0 Å². The van der Waals surface area contributed by atoms with E-state index in [1.165, 1.54) is 30.3 Å². The van der Waals surface area contributed by atoms with Gasteiger partial charge >= 0.3 is 5.97 Å². The number of ether oxygens (including phenoxy) is 3. The lowest BCUT2D eigenvalue weighted by Crippen LogP contribution is -2.20. The van der Waals surface area contributed by atoms with Crippen LogP contribution in [0.3, 0.4) is 0 Å². The second-order valence-electron chi connectivity index (χ2n) is 6.05. The molecule has 0 aromatic heterocycles. The number of rotatable bonds is 6. The highest BCUT2D eigenvalue weighted by Gasteiger charge is 2.12. The van der Waals surface area contributed by atoms with Crippen LogP contribution in [-0.4, -0.2) is 36.6 Å². The molecule has 2 aromatic rings. The number of nitro benzene ring substituents is 1. The average Bonchev–Trinajstić information content (AvgIpc) is 2.96. The van der Waals surface area contributed by atoms with Crippen molar-refractivity contribution in [2.45, 2.75) is 6.42 Å². The predicted molar refractivity (Wildman–Crippen MR) is 104 cm³/mol. The molecule has 0 aliphatic carbocycles. The summed E-state index contributed by atoms with van der Waals surface area (Å²) in [6.07, 6.45) is 3.36. The van der Waals surface area contributed by atoms with Gasteiger partial charge in [-0.1, -0.05) is 0 Å². The van der Waals surface area contributed by atoms with Gasteiger partial charge in [0.2, 0.25) is 0 Å². The molecule has 0 bridgehead atoms. The Morgan fingerprint density at radius 2 is 1.83 bits per heavy atom. The van der Waals surface area contributed by atoms with Crippen LogP contribution in [0, 0.1) is 10.1 Å². The number of carbonyl (C=O) groups is 2.